The van der Waals surface area contributed by atoms with Crippen molar-refractivity contribution < 1.29 is 4.79 Å². The van der Waals surface area contributed by atoms with Gasteiger partial charge in [-0.3, -0.25) is 4.79 Å². The minimum atomic E-state index is -0.149. The monoisotopic (exact) mass is 409 g/mol. The molecule has 164 valence electrons. The van der Waals surface area contributed by atoms with Crippen molar-refractivity contribution in [2.24, 2.45) is 0 Å². The smallest absolute Gasteiger partial charge is 0.259 e. The van der Waals surface area contributed by atoms with Crippen LogP contribution in [0, 0.1) is 0 Å². The zero-order chi connectivity index (χ0) is 22.4. The largest absolute Gasteiger partial charge is 0.322 e. The zero-order valence-electron chi connectivity index (χ0n) is 19.4. The molecule has 0 atom stereocenters. The van der Waals surface area contributed by atoms with Crippen LogP contribution in [0.25, 0.3) is 12.3 Å². The van der Waals surface area contributed by atoms with E-state index in [2.05, 4.69) is 29.1 Å². The van der Waals surface area contributed by atoms with E-state index in [1.54, 1.807) is 17.1 Å². The maximum absolute atomic E-state index is 12.7. The number of hydrogen-bond acceptors (Lipinski definition) is 2. The van der Waals surface area contributed by atoms with Crippen molar-refractivity contribution in [2.75, 3.05) is 5.32 Å². The van der Waals surface area contributed by atoms with E-state index >= 15 is 0 Å². The van der Waals surface area contributed by atoms with Gasteiger partial charge in [0.25, 0.3) is 5.91 Å². The summed E-state index contributed by atoms with van der Waals surface area (Å²) in [5.74, 6) is 0.459. The van der Waals surface area contributed by atoms with Crippen molar-refractivity contribution in [3.05, 3.63) is 59.9 Å². The van der Waals surface area contributed by atoms with Gasteiger partial charge in [-0.2, -0.15) is 5.10 Å². The molecule has 0 unspecified atom stereocenters. The van der Waals surface area contributed by atoms with Crippen molar-refractivity contribution in [1.82, 2.24) is 9.78 Å². The first-order valence-corrected chi connectivity index (χ1v) is 11.5. The Morgan fingerprint density at radius 3 is 2.40 bits per heavy atom. The van der Waals surface area contributed by atoms with Crippen LogP contribution in [0.2, 0.25) is 0 Å². The van der Waals surface area contributed by atoms with Crippen LogP contribution in [0.4, 0.5) is 5.69 Å². The van der Waals surface area contributed by atoms with Crippen LogP contribution in [-0.2, 0) is 0 Å². The third kappa shape index (κ3) is 7.01. The highest BCUT2D eigenvalue weighted by Gasteiger charge is 2.17. The van der Waals surface area contributed by atoms with E-state index in [1.807, 2.05) is 58.9 Å². The minimum absolute atomic E-state index is 0.149. The standard InChI is InChI=1S/C22H27N3O.2C2H6/c1-3-10-21-20(16-23-25(21)4-2)22(26)24-19-14-9-13-18(15-19)17-11-7-5-6-8-12-17;2*1-2/h3-4,9-10,13-17H,2,5-8,11-12H2,1H3,(H,24,26);2*1-2H3/b10-3-;;. The third-order valence-corrected chi connectivity index (χ3v) is 5.05. The second-order valence-electron chi connectivity index (χ2n) is 6.84. The number of aromatic nitrogens is 2. The number of carbonyl (C=O) groups excluding carboxylic acids is 1. The minimum Gasteiger partial charge on any atom is -0.322 e. The molecule has 0 spiro atoms. The molecule has 1 heterocycles. The maximum Gasteiger partial charge on any atom is 0.259 e. The van der Waals surface area contributed by atoms with E-state index in [-0.39, 0.29) is 5.91 Å². The summed E-state index contributed by atoms with van der Waals surface area (Å²) in [5.41, 5.74) is 3.46. The third-order valence-electron chi connectivity index (χ3n) is 5.05. The van der Waals surface area contributed by atoms with Gasteiger partial charge in [0, 0.05) is 11.9 Å². The fourth-order valence-electron chi connectivity index (χ4n) is 3.70. The van der Waals surface area contributed by atoms with Crippen molar-refractivity contribution in [3.8, 4) is 0 Å². The van der Waals surface area contributed by atoms with Crippen molar-refractivity contribution in [2.45, 2.75) is 79.1 Å². The summed E-state index contributed by atoms with van der Waals surface area (Å²) in [7, 11) is 0. The van der Waals surface area contributed by atoms with Crippen molar-refractivity contribution >= 4 is 23.9 Å². The Kier molecular flexibility index (Phi) is 12.2. The van der Waals surface area contributed by atoms with Gasteiger partial charge in [0.05, 0.1) is 17.5 Å². The highest BCUT2D eigenvalue weighted by Crippen LogP contribution is 2.32. The van der Waals surface area contributed by atoms with Crippen molar-refractivity contribution in [1.29, 1.82) is 0 Å². The summed E-state index contributed by atoms with van der Waals surface area (Å²) < 4.78 is 1.61. The molecule has 0 bridgehead atoms. The van der Waals surface area contributed by atoms with Crippen LogP contribution in [0.5, 0.6) is 0 Å². The van der Waals surface area contributed by atoms with Gasteiger partial charge in [-0.1, -0.05) is 78.2 Å². The Hall–Kier alpha value is -2.62. The molecule has 1 N–H and O–H groups in total. The Labute approximate surface area is 183 Å². The predicted octanol–water partition coefficient (Wildman–Crippen LogP) is 7.76. The highest BCUT2D eigenvalue weighted by molar-refractivity contribution is 6.06. The Morgan fingerprint density at radius 1 is 1.13 bits per heavy atom. The summed E-state index contributed by atoms with van der Waals surface area (Å²) in [6.45, 7) is 13.7. The lowest BCUT2D eigenvalue weighted by atomic mass is 9.91. The fraction of sp³-hybridized carbons (Fsp3) is 0.462. The van der Waals surface area contributed by atoms with Gasteiger partial charge in [-0.05, 0) is 49.5 Å². The van der Waals surface area contributed by atoms with Gasteiger partial charge in [0.15, 0.2) is 0 Å². The Balaban J connectivity index is 0.00000106. The number of rotatable bonds is 5. The molecular weight excluding hydrogens is 370 g/mol. The van der Waals surface area contributed by atoms with E-state index in [0.717, 1.165) is 11.4 Å². The molecular formula is C26H39N3O. The Morgan fingerprint density at radius 2 is 1.80 bits per heavy atom. The maximum atomic E-state index is 12.7. The SMILES string of the molecule is C=Cn1ncc(C(=O)Nc2cccc(C3CCCCCC3)c2)c1/C=C\C.CC.CC. The molecule has 2 aromatic rings. The van der Waals surface area contributed by atoms with E-state index in [4.69, 9.17) is 0 Å². The summed E-state index contributed by atoms with van der Waals surface area (Å²) >= 11 is 0. The number of allylic oxidation sites excluding steroid dienone is 1. The molecule has 1 aliphatic rings. The lowest BCUT2D eigenvalue weighted by molar-refractivity contribution is 0.102. The number of nitrogens with zero attached hydrogens (tertiary/aromatic N) is 2. The highest BCUT2D eigenvalue weighted by atomic mass is 16.1. The van der Waals surface area contributed by atoms with Crippen LogP contribution in [0.1, 0.15) is 101 Å². The lowest BCUT2D eigenvalue weighted by Gasteiger charge is -2.16. The predicted molar refractivity (Wildman–Crippen MR) is 131 cm³/mol. The first kappa shape index (κ1) is 25.4. The summed E-state index contributed by atoms with van der Waals surface area (Å²) in [4.78, 5) is 12.7. The number of carbonyl (C=O) groups is 1. The summed E-state index contributed by atoms with van der Waals surface area (Å²) in [6.07, 6.45) is 14.7. The van der Waals surface area contributed by atoms with Crippen molar-refractivity contribution in [3.63, 3.8) is 0 Å². The molecule has 0 saturated heterocycles. The second kappa shape index (κ2) is 14.4. The van der Waals surface area contributed by atoms with Gasteiger partial charge >= 0.3 is 0 Å². The first-order chi connectivity index (χ1) is 14.7. The number of anilines is 1. The van der Waals surface area contributed by atoms with E-state index in [9.17, 15) is 4.79 Å². The molecule has 0 radical (unpaired) electrons. The molecule has 0 aliphatic heterocycles. The van der Waals surface area contributed by atoms with Crippen LogP contribution >= 0.6 is 0 Å². The molecule has 3 rings (SSSR count). The molecule has 1 aromatic heterocycles. The van der Waals surface area contributed by atoms with Crippen LogP contribution < -0.4 is 5.32 Å². The molecule has 1 saturated carbocycles. The molecule has 30 heavy (non-hydrogen) atoms. The normalized spacial score (nSPS) is 14.0. The molecule has 1 amide bonds. The summed E-state index contributed by atoms with van der Waals surface area (Å²) in [6, 6.07) is 8.30. The number of nitrogens with one attached hydrogen (secondary N) is 1. The molecule has 1 fully saturated rings. The molecule has 1 aromatic carbocycles. The molecule has 4 heteroatoms. The van der Waals surface area contributed by atoms with Crippen LogP contribution in [-0.4, -0.2) is 15.7 Å². The topological polar surface area (TPSA) is 46.9 Å². The van der Waals surface area contributed by atoms with E-state index < -0.39 is 0 Å². The molecule has 1 aliphatic carbocycles. The van der Waals surface area contributed by atoms with Crippen LogP contribution in [0.3, 0.4) is 0 Å². The first-order valence-electron chi connectivity index (χ1n) is 11.5. The van der Waals surface area contributed by atoms with Gasteiger partial charge in [0.1, 0.15) is 0 Å². The van der Waals surface area contributed by atoms with Gasteiger partial charge in [-0.25, -0.2) is 4.68 Å². The van der Waals surface area contributed by atoms with Gasteiger partial charge in [-0.15, -0.1) is 0 Å². The van der Waals surface area contributed by atoms with Gasteiger partial charge < -0.3 is 5.32 Å². The second-order valence-corrected chi connectivity index (χ2v) is 6.84. The van der Waals surface area contributed by atoms with E-state index in [1.165, 1.54) is 44.1 Å². The number of amides is 1. The molecule has 4 nitrogen and oxygen atoms in total. The zero-order valence-corrected chi connectivity index (χ0v) is 19.4. The quantitative estimate of drug-likeness (QED) is 0.513. The summed E-state index contributed by atoms with van der Waals surface area (Å²) in [5, 5.41) is 7.23. The Bertz CT molecular complexity index is 796. The fourth-order valence-corrected chi connectivity index (χ4v) is 3.70. The van der Waals surface area contributed by atoms with Crippen LogP contribution in [0.15, 0.2) is 43.1 Å². The van der Waals surface area contributed by atoms with Gasteiger partial charge in [0.2, 0.25) is 0 Å². The number of benzene rings is 1. The lowest BCUT2D eigenvalue weighted by Crippen LogP contribution is -2.13. The number of hydrogen-bond donors (Lipinski definition) is 1. The average Bonchev–Trinajstić information content (AvgIpc) is 3.00. The average molecular weight is 410 g/mol. The van der Waals surface area contributed by atoms with E-state index in [0.29, 0.717) is 11.5 Å².